The predicted molar refractivity (Wildman–Crippen MR) is 284 cm³/mol. The molecule has 0 aliphatic carbocycles. The first-order chi connectivity index (χ1) is 33.3. The summed E-state index contributed by atoms with van der Waals surface area (Å²) in [7, 11) is 0. The van der Waals surface area contributed by atoms with E-state index in [1.807, 2.05) is 12.1 Å². The second-order valence-corrected chi connectivity index (χ2v) is 18.3. The Bertz CT molecular complexity index is 3720. The molecule has 0 N–H and O–H groups in total. The molecule has 68 heavy (non-hydrogen) atoms. The fourth-order valence-corrected chi connectivity index (χ4v) is 10.6. The van der Waals surface area contributed by atoms with E-state index in [1.165, 1.54) is 44.5 Å². The minimum Gasteiger partial charge on any atom is -0.308 e. The Morgan fingerprint density at radius 3 is 1.16 bits per heavy atom. The van der Waals surface area contributed by atoms with Gasteiger partial charge in [0.1, 0.15) is 0 Å². The molecule has 0 amide bonds. The molecule has 12 rings (SSSR count). The number of hydrogen-bond acceptors (Lipinski definition) is 2. The first kappa shape index (κ1) is 40.7. The summed E-state index contributed by atoms with van der Waals surface area (Å²) in [5.74, 6) is 0. The standard InChI is InChI=1S/C64H46N4/c1-40-27-41(2)30-49(29-40)47-23-25-60-54(35-47)52-19-11-13-21-58(52)67(60)62-33-44(39-65)34-63(64(62)51-37-56(45-15-7-5-8-16-45)66-57(38-51)46-17-9-6-10-18-46)68-59-22-14-12-20-53(59)55-36-48(24-26-61(55)68)50-31-42(3)28-43(4)32-50/h5-38H,1-4H3. The molecule has 0 bridgehead atoms. The van der Waals surface area contributed by atoms with Crippen LogP contribution >= 0.6 is 0 Å². The number of benzene rings is 9. The van der Waals surface area contributed by atoms with Crippen LogP contribution < -0.4 is 0 Å². The van der Waals surface area contributed by atoms with Crippen molar-refractivity contribution in [2.75, 3.05) is 0 Å². The quantitative estimate of drug-likeness (QED) is 0.160. The number of fused-ring (bicyclic) bond motifs is 6. The molecular formula is C64H46N4. The van der Waals surface area contributed by atoms with Crippen LogP contribution in [0.1, 0.15) is 27.8 Å². The molecule has 9 aromatic carbocycles. The summed E-state index contributed by atoms with van der Waals surface area (Å²) in [6.45, 7) is 8.65. The van der Waals surface area contributed by atoms with Gasteiger partial charge in [0, 0.05) is 38.2 Å². The lowest BCUT2D eigenvalue weighted by molar-refractivity contribution is 1.13. The fourth-order valence-electron chi connectivity index (χ4n) is 10.6. The van der Waals surface area contributed by atoms with Crippen molar-refractivity contribution in [3.8, 4) is 73.3 Å². The van der Waals surface area contributed by atoms with Gasteiger partial charge in [0.15, 0.2) is 0 Å². The predicted octanol–water partition coefficient (Wildman–Crippen LogP) is 16.7. The summed E-state index contributed by atoms with van der Waals surface area (Å²) in [5.41, 5.74) is 22.0. The molecule has 0 atom stereocenters. The molecule has 0 saturated carbocycles. The van der Waals surface area contributed by atoms with Gasteiger partial charge in [-0.1, -0.05) is 168 Å². The van der Waals surface area contributed by atoms with Crippen molar-refractivity contribution >= 4 is 43.6 Å². The first-order valence-electron chi connectivity index (χ1n) is 23.2. The van der Waals surface area contributed by atoms with Crippen LogP contribution in [-0.4, -0.2) is 14.1 Å². The number of nitriles is 1. The Hall–Kier alpha value is -8.78. The zero-order chi connectivity index (χ0) is 46.0. The normalized spacial score (nSPS) is 11.5. The van der Waals surface area contributed by atoms with Crippen LogP contribution in [-0.2, 0) is 0 Å². The number of hydrogen-bond donors (Lipinski definition) is 0. The third-order valence-electron chi connectivity index (χ3n) is 13.4. The van der Waals surface area contributed by atoms with Crippen molar-refractivity contribution in [3.05, 3.63) is 234 Å². The molecule has 0 unspecified atom stereocenters. The topological polar surface area (TPSA) is 46.5 Å². The molecule has 0 aliphatic heterocycles. The largest absolute Gasteiger partial charge is 0.308 e. The van der Waals surface area contributed by atoms with E-state index in [1.54, 1.807) is 0 Å². The smallest absolute Gasteiger partial charge is 0.0993 e. The molecule has 12 aromatic rings. The minimum absolute atomic E-state index is 0.565. The number of aryl methyl sites for hydroxylation is 4. The van der Waals surface area contributed by atoms with Crippen molar-refractivity contribution in [2.24, 2.45) is 0 Å². The van der Waals surface area contributed by atoms with Crippen LogP contribution in [0, 0.1) is 39.0 Å². The molecule has 0 aliphatic rings. The zero-order valence-corrected chi connectivity index (χ0v) is 38.4. The lowest BCUT2D eigenvalue weighted by atomic mass is 9.95. The van der Waals surface area contributed by atoms with Gasteiger partial charge in [-0.2, -0.15) is 5.26 Å². The van der Waals surface area contributed by atoms with Crippen molar-refractivity contribution in [3.63, 3.8) is 0 Å². The summed E-state index contributed by atoms with van der Waals surface area (Å²) in [6, 6.07) is 76.7. The monoisotopic (exact) mass is 870 g/mol. The van der Waals surface area contributed by atoms with Gasteiger partial charge in [-0.3, -0.25) is 0 Å². The maximum atomic E-state index is 11.1. The van der Waals surface area contributed by atoms with Crippen LogP contribution in [0.2, 0.25) is 0 Å². The highest BCUT2D eigenvalue weighted by Gasteiger charge is 2.25. The highest BCUT2D eigenvalue weighted by atomic mass is 15.0. The molecule has 4 nitrogen and oxygen atoms in total. The molecular weight excluding hydrogens is 825 g/mol. The van der Waals surface area contributed by atoms with Crippen LogP contribution in [0.25, 0.3) is 111 Å². The average Bonchev–Trinajstić information content (AvgIpc) is 3.88. The van der Waals surface area contributed by atoms with Gasteiger partial charge in [-0.15, -0.1) is 0 Å². The number of pyridine rings is 1. The second-order valence-electron chi connectivity index (χ2n) is 18.3. The van der Waals surface area contributed by atoms with Gasteiger partial charge in [0.2, 0.25) is 0 Å². The van der Waals surface area contributed by atoms with E-state index < -0.39 is 0 Å². The average molecular weight is 871 g/mol. The van der Waals surface area contributed by atoms with E-state index in [0.717, 1.165) is 88.6 Å². The third kappa shape index (κ3) is 6.96. The van der Waals surface area contributed by atoms with Gasteiger partial charge in [0.05, 0.1) is 56.5 Å². The molecule has 0 spiro atoms. The Morgan fingerprint density at radius 2 is 0.735 bits per heavy atom. The van der Waals surface area contributed by atoms with Gasteiger partial charge in [-0.05, 0) is 116 Å². The van der Waals surface area contributed by atoms with Gasteiger partial charge in [0.25, 0.3) is 0 Å². The van der Waals surface area contributed by atoms with E-state index in [-0.39, 0.29) is 0 Å². The number of nitrogens with zero attached hydrogens (tertiary/aromatic N) is 4. The van der Waals surface area contributed by atoms with Crippen molar-refractivity contribution in [1.29, 1.82) is 5.26 Å². The Labute approximate surface area is 396 Å². The number of para-hydroxylation sites is 2. The van der Waals surface area contributed by atoms with Crippen molar-refractivity contribution < 1.29 is 0 Å². The summed E-state index contributed by atoms with van der Waals surface area (Å²) < 4.78 is 4.76. The highest BCUT2D eigenvalue weighted by Crippen LogP contribution is 2.45. The van der Waals surface area contributed by atoms with Crippen LogP contribution in [0.4, 0.5) is 0 Å². The molecule has 0 radical (unpaired) electrons. The third-order valence-corrected chi connectivity index (χ3v) is 13.4. The van der Waals surface area contributed by atoms with E-state index in [0.29, 0.717) is 5.56 Å². The van der Waals surface area contributed by atoms with Crippen LogP contribution in [0.15, 0.2) is 206 Å². The molecule has 0 fully saturated rings. The van der Waals surface area contributed by atoms with Crippen LogP contribution in [0.3, 0.4) is 0 Å². The second kappa shape index (κ2) is 16.3. The summed E-state index contributed by atoms with van der Waals surface area (Å²) in [6.07, 6.45) is 0. The molecule has 0 saturated heterocycles. The fraction of sp³-hybridized carbons (Fsp3) is 0.0625. The SMILES string of the molecule is Cc1cc(C)cc(-c2ccc3c(c2)c2ccccc2n3-c2cc(C#N)cc(-n3c4ccccc4c4cc(-c5cc(C)cc(C)c5)ccc43)c2-c2cc(-c3ccccc3)nc(-c3ccccc3)c2)c1. The van der Waals surface area contributed by atoms with E-state index in [2.05, 4.69) is 237 Å². The Balaban J connectivity index is 1.22. The number of aromatic nitrogens is 3. The lowest BCUT2D eigenvalue weighted by Gasteiger charge is -2.22. The zero-order valence-electron chi connectivity index (χ0n) is 38.4. The highest BCUT2D eigenvalue weighted by molar-refractivity contribution is 6.13. The maximum absolute atomic E-state index is 11.1. The molecule has 4 heteroatoms. The maximum Gasteiger partial charge on any atom is 0.0993 e. The van der Waals surface area contributed by atoms with E-state index in [9.17, 15) is 5.26 Å². The van der Waals surface area contributed by atoms with E-state index >= 15 is 0 Å². The summed E-state index contributed by atoms with van der Waals surface area (Å²) in [5, 5.41) is 15.7. The van der Waals surface area contributed by atoms with Crippen LogP contribution in [0.5, 0.6) is 0 Å². The molecule has 322 valence electrons. The molecule has 3 aromatic heterocycles. The Kier molecular flexibility index (Phi) is 9.74. The first-order valence-corrected chi connectivity index (χ1v) is 23.2. The van der Waals surface area contributed by atoms with E-state index in [4.69, 9.17) is 4.98 Å². The van der Waals surface area contributed by atoms with Gasteiger partial charge < -0.3 is 9.13 Å². The van der Waals surface area contributed by atoms with Gasteiger partial charge in [-0.25, -0.2) is 4.98 Å². The molecule has 3 heterocycles. The number of rotatable bonds is 7. The van der Waals surface area contributed by atoms with Crippen molar-refractivity contribution in [2.45, 2.75) is 27.7 Å². The minimum atomic E-state index is 0.565. The summed E-state index contributed by atoms with van der Waals surface area (Å²) in [4.78, 5) is 5.35. The van der Waals surface area contributed by atoms with Gasteiger partial charge >= 0.3 is 0 Å². The van der Waals surface area contributed by atoms with Crippen molar-refractivity contribution in [1.82, 2.24) is 14.1 Å². The lowest BCUT2D eigenvalue weighted by Crippen LogP contribution is -2.05. The summed E-state index contributed by atoms with van der Waals surface area (Å²) >= 11 is 0. The Morgan fingerprint density at radius 1 is 0.338 bits per heavy atom.